The number of aryl methyl sites for hydroxylation is 3. The first kappa shape index (κ1) is 37.7. The summed E-state index contributed by atoms with van der Waals surface area (Å²) >= 11 is 0. The molecule has 0 spiro atoms. The van der Waals surface area contributed by atoms with Gasteiger partial charge in [0.1, 0.15) is 13.2 Å². The van der Waals surface area contributed by atoms with E-state index in [2.05, 4.69) is 67.6 Å². The maximum absolute atomic E-state index is 13.6. The van der Waals surface area contributed by atoms with E-state index in [1.807, 2.05) is 57.3 Å². The first-order chi connectivity index (χ1) is 21.8. The molecule has 0 bridgehead atoms. The number of rotatable bonds is 14. The van der Waals surface area contributed by atoms with Crippen LogP contribution in [0.5, 0.6) is 5.75 Å². The molecule has 0 N–H and O–H groups in total. The van der Waals surface area contributed by atoms with Gasteiger partial charge in [0, 0.05) is 43.9 Å². The standard InChI is InChI=1S/C39H47N2O5.Ir/c1-27-24-29(3)34(30(4)25-27)41-21-20-40-35(41)32-14-16-33(17-15-32)45-22-23-46-37(43)39(7,26-38(5,6)36(42)44-8)19-18-28(2)31-12-10-9-11-13-31;/h9-14,16-17,20-21,24-25,28H,18-19,22-23,26H2,1-8H3;/q-1;. The summed E-state index contributed by atoms with van der Waals surface area (Å²) in [6.45, 7) is 14.3. The van der Waals surface area contributed by atoms with Crippen molar-refractivity contribution in [3.63, 3.8) is 0 Å². The largest absolute Gasteiger partial charge is 0.533 e. The average molecular weight is 816 g/mol. The van der Waals surface area contributed by atoms with E-state index in [1.54, 1.807) is 12.3 Å². The fraction of sp³-hybridized carbons (Fsp3) is 0.410. The third-order valence-electron chi connectivity index (χ3n) is 8.69. The number of esters is 2. The molecular weight excluding hydrogens is 769 g/mol. The van der Waals surface area contributed by atoms with Gasteiger partial charge in [-0.25, -0.2) is 0 Å². The molecule has 0 aliphatic heterocycles. The van der Waals surface area contributed by atoms with E-state index < -0.39 is 10.8 Å². The first-order valence-corrected chi connectivity index (χ1v) is 15.9. The molecule has 1 aromatic heterocycles. The summed E-state index contributed by atoms with van der Waals surface area (Å²) in [7, 11) is 1.37. The monoisotopic (exact) mass is 816 g/mol. The summed E-state index contributed by atoms with van der Waals surface area (Å²) in [5.74, 6) is 0.972. The Morgan fingerprint density at radius 3 is 2.26 bits per heavy atom. The van der Waals surface area contributed by atoms with Gasteiger partial charge < -0.3 is 18.8 Å². The number of imidazole rings is 1. The molecule has 0 aliphatic carbocycles. The number of carbonyl (C=O) groups excluding carboxylic acids is 2. The number of ether oxygens (including phenoxy) is 3. The summed E-state index contributed by atoms with van der Waals surface area (Å²) < 4.78 is 18.8. The van der Waals surface area contributed by atoms with Crippen LogP contribution in [0.15, 0.2) is 73.1 Å². The van der Waals surface area contributed by atoms with Crippen LogP contribution in [0.4, 0.5) is 0 Å². The molecule has 0 saturated heterocycles. The van der Waals surface area contributed by atoms with Crippen LogP contribution in [0.1, 0.15) is 75.1 Å². The third-order valence-corrected chi connectivity index (χ3v) is 8.69. The molecule has 1 radical (unpaired) electrons. The molecule has 4 rings (SSSR count). The topological polar surface area (TPSA) is 79.7 Å². The molecule has 253 valence electrons. The summed E-state index contributed by atoms with van der Waals surface area (Å²) in [6, 6.07) is 23.5. The van der Waals surface area contributed by atoms with Crippen LogP contribution in [0.25, 0.3) is 17.1 Å². The zero-order valence-corrected chi connectivity index (χ0v) is 31.2. The van der Waals surface area contributed by atoms with Gasteiger partial charge in [-0.3, -0.25) is 14.6 Å². The number of carbonyl (C=O) groups is 2. The average Bonchev–Trinajstić information content (AvgIpc) is 3.50. The fourth-order valence-corrected chi connectivity index (χ4v) is 6.41. The summed E-state index contributed by atoms with van der Waals surface area (Å²) in [5.41, 5.74) is 5.04. The summed E-state index contributed by atoms with van der Waals surface area (Å²) in [4.78, 5) is 30.7. The second kappa shape index (κ2) is 16.4. The molecule has 2 atom stereocenters. The molecule has 1 heterocycles. The molecule has 7 nitrogen and oxygen atoms in total. The molecular formula is C39H47IrN2O5-. The van der Waals surface area contributed by atoms with Gasteiger partial charge in [0.15, 0.2) is 0 Å². The number of aromatic nitrogens is 2. The van der Waals surface area contributed by atoms with Crippen LogP contribution >= 0.6 is 0 Å². The first-order valence-electron chi connectivity index (χ1n) is 15.9. The molecule has 0 saturated carbocycles. The molecule has 8 heteroatoms. The van der Waals surface area contributed by atoms with Crippen LogP contribution in [0, 0.1) is 37.7 Å². The van der Waals surface area contributed by atoms with Crippen molar-refractivity contribution in [3.8, 4) is 22.8 Å². The van der Waals surface area contributed by atoms with E-state index in [9.17, 15) is 9.59 Å². The van der Waals surface area contributed by atoms with Crippen molar-refractivity contribution >= 4 is 11.9 Å². The van der Waals surface area contributed by atoms with E-state index in [4.69, 9.17) is 14.2 Å². The van der Waals surface area contributed by atoms with Crippen molar-refractivity contribution in [1.29, 1.82) is 0 Å². The zero-order chi connectivity index (χ0) is 33.5. The second-order valence-electron chi connectivity index (χ2n) is 13.3. The van der Waals surface area contributed by atoms with Crippen molar-refractivity contribution in [2.24, 2.45) is 10.8 Å². The number of nitrogens with zero attached hydrogens (tertiary/aromatic N) is 2. The second-order valence-corrected chi connectivity index (χ2v) is 13.3. The third kappa shape index (κ3) is 9.42. The van der Waals surface area contributed by atoms with Crippen LogP contribution in [-0.4, -0.2) is 41.8 Å². The van der Waals surface area contributed by atoms with Gasteiger partial charge in [-0.15, -0.1) is 29.8 Å². The van der Waals surface area contributed by atoms with Gasteiger partial charge in [0.2, 0.25) is 0 Å². The van der Waals surface area contributed by atoms with Gasteiger partial charge in [-0.2, -0.15) is 0 Å². The van der Waals surface area contributed by atoms with Crippen molar-refractivity contribution in [1.82, 2.24) is 9.55 Å². The van der Waals surface area contributed by atoms with Gasteiger partial charge in [-0.1, -0.05) is 55.0 Å². The van der Waals surface area contributed by atoms with Crippen LogP contribution in [-0.2, 0) is 39.2 Å². The number of hydrogen-bond acceptors (Lipinski definition) is 6. The molecule has 2 unspecified atom stereocenters. The SMILES string of the molecule is COC(=O)C(C)(C)CC(C)(CCC(C)c1ccccc1)C(=O)OCCOc1c[c-]c(-c2nccn2-c2c(C)cc(C)cc2C)cc1.[Ir]. The Labute approximate surface area is 293 Å². The molecule has 47 heavy (non-hydrogen) atoms. The van der Waals surface area contributed by atoms with Gasteiger partial charge in [0.25, 0.3) is 0 Å². The van der Waals surface area contributed by atoms with E-state index >= 15 is 0 Å². The van der Waals surface area contributed by atoms with Gasteiger partial charge in [0.05, 0.1) is 23.8 Å². The van der Waals surface area contributed by atoms with Crippen molar-refractivity contribution in [2.75, 3.05) is 20.3 Å². The minimum atomic E-state index is -0.883. The van der Waals surface area contributed by atoms with Gasteiger partial charge in [-0.05, 0) is 83.4 Å². The minimum Gasteiger partial charge on any atom is -0.533 e. The quantitative estimate of drug-likeness (QED) is 0.0724. The molecule has 4 aromatic rings. The molecule has 0 amide bonds. The maximum Gasteiger partial charge on any atom is 0.311 e. The maximum atomic E-state index is 13.6. The smallest absolute Gasteiger partial charge is 0.311 e. The molecule has 3 aromatic carbocycles. The Bertz CT molecular complexity index is 1610. The molecule has 0 fully saturated rings. The van der Waals surface area contributed by atoms with Crippen LogP contribution < -0.4 is 4.74 Å². The van der Waals surface area contributed by atoms with Crippen LogP contribution in [0.2, 0.25) is 0 Å². The number of methoxy groups -OCH3 is 1. The van der Waals surface area contributed by atoms with E-state index in [1.165, 1.54) is 29.4 Å². The van der Waals surface area contributed by atoms with Crippen molar-refractivity contribution in [3.05, 3.63) is 101 Å². The predicted octanol–water partition coefficient (Wildman–Crippen LogP) is 8.36. The zero-order valence-electron chi connectivity index (χ0n) is 28.8. The summed E-state index contributed by atoms with van der Waals surface area (Å²) in [5, 5.41) is 0. The van der Waals surface area contributed by atoms with E-state index in [0.29, 0.717) is 18.6 Å². The van der Waals surface area contributed by atoms with Crippen LogP contribution in [0.3, 0.4) is 0 Å². The fourth-order valence-electron chi connectivity index (χ4n) is 6.41. The van der Waals surface area contributed by atoms with E-state index in [0.717, 1.165) is 23.5 Å². The Balaban J connectivity index is 0.00000600. The number of benzene rings is 3. The minimum absolute atomic E-state index is 0. The Kier molecular flexibility index (Phi) is 13.1. The Morgan fingerprint density at radius 2 is 1.64 bits per heavy atom. The normalized spacial score (nSPS) is 13.2. The Morgan fingerprint density at radius 1 is 0.957 bits per heavy atom. The van der Waals surface area contributed by atoms with E-state index in [-0.39, 0.29) is 51.2 Å². The van der Waals surface area contributed by atoms with Crippen molar-refractivity contribution in [2.45, 2.75) is 73.6 Å². The summed E-state index contributed by atoms with van der Waals surface area (Å²) in [6.07, 6.45) is 5.41. The molecule has 0 aliphatic rings. The Hall–Kier alpha value is -3.74. The number of hydrogen-bond donors (Lipinski definition) is 0. The predicted molar refractivity (Wildman–Crippen MR) is 181 cm³/mol. The van der Waals surface area contributed by atoms with Crippen molar-refractivity contribution < 1.29 is 43.9 Å². The van der Waals surface area contributed by atoms with Gasteiger partial charge >= 0.3 is 11.9 Å².